The zero-order valence-electron chi connectivity index (χ0n) is 11.7. The molecule has 3 heterocycles. The lowest BCUT2D eigenvalue weighted by Crippen LogP contribution is -2.56. The molecule has 0 radical (unpaired) electrons. The zero-order chi connectivity index (χ0) is 14.1. The van der Waals surface area contributed by atoms with Crippen LogP contribution >= 0.6 is 0 Å². The standard InChI is InChI=1S/C16H17NO3/c1-10-13-8-9-16(20-13)15(10,2)11-6-4-5-7-12(11)17(16)14(18)19-3/h4-7,13H,1,8-9H2,2-3H3/t13-,15+,16+/m1/s1. The third-order valence-electron chi connectivity index (χ3n) is 5.30. The topological polar surface area (TPSA) is 38.8 Å². The van der Waals surface area contributed by atoms with Crippen molar-refractivity contribution in [3.8, 4) is 0 Å². The normalized spacial score (nSPS) is 37.0. The predicted octanol–water partition coefficient (Wildman–Crippen LogP) is 2.98. The highest BCUT2D eigenvalue weighted by atomic mass is 16.6. The molecule has 4 nitrogen and oxygen atoms in total. The average Bonchev–Trinajstić information content (AvgIpc) is 3.05. The summed E-state index contributed by atoms with van der Waals surface area (Å²) in [5.74, 6) is 0. The van der Waals surface area contributed by atoms with Crippen molar-refractivity contribution in [3.05, 3.63) is 42.0 Å². The first-order chi connectivity index (χ1) is 9.56. The largest absolute Gasteiger partial charge is 0.452 e. The van der Waals surface area contributed by atoms with Gasteiger partial charge in [-0.3, -0.25) is 0 Å². The summed E-state index contributed by atoms with van der Waals surface area (Å²) in [5.41, 5.74) is 2.05. The van der Waals surface area contributed by atoms with Crippen molar-refractivity contribution in [1.82, 2.24) is 0 Å². The highest BCUT2D eigenvalue weighted by molar-refractivity contribution is 5.94. The van der Waals surface area contributed by atoms with E-state index in [1.54, 1.807) is 4.90 Å². The number of nitrogens with zero attached hydrogens (tertiary/aromatic N) is 1. The molecule has 2 fully saturated rings. The molecule has 1 spiro atoms. The fourth-order valence-electron chi connectivity index (χ4n) is 4.26. The molecule has 1 aromatic rings. The zero-order valence-corrected chi connectivity index (χ0v) is 11.7. The van der Waals surface area contributed by atoms with Crippen molar-refractivity contribution in [2.24, 2.45) is 0 Å². The Morgan fingerprint density at radius 1 is 1.50 bits per heavy atom. The van der Waals surface area contributed by atoms with Gasteiger partial charge in [0.05, 0.1) is 24.3 Å². The van der Waals surface area contributed by atoms with Crippen molar-refractivity contribution in [2.75, 3.05) is 12.0 Å². The van der Waals surface area contributed by atoms with Gasteiger partial charge in [0.15, 0.2) is 5.72 Å². The maximum atomic E-state index is 12.3. The van der Waals surface area contributed by atoms with Crippen LogP contribution in [0.5, 0.6) is 0 Å². The van der Waals surface area contributed by atoms with Crippen LogP contribution in [0, 0.1) is 0 Å². The van der Waals surface area contributed by atoms with Crippen LogP contribution in [0.15, 0.2) is 36.4 Å². The molecule has 0 unspecified atom stereocenters. The Morgan fingerprint density at radius 2 is 2.25 bits per heavy atom. The molecule has 1 amide bonds. The smallest absolute Gasteiger partial charge is 0.416 e. The fourth-order valence-corrected chi connectivity index (χ4v) is 4.26. The fraction of sp³-hybridized carbons (Fsp3) is 0.438. The summed E-state index contributed by atoms with van der Waals surface area (Å²) in [7, 11) is 1.41. The molecule has 0 N–H and O–H groups in total. The van der Waals surface area contributed by atoms with Gasteiger partial charge in [-0.05, 0) is 37.0 Å². The van der Waals surface area contributed by atoms with E-state index in [0.29, 0.717) is 0 Å². The van der Waals surface area contributed by atoms with Crippen molar-refractivity contribution >= 4 is 11.8 Å². The number of para-hydroxylation sites is 1. The van der Waals surface area contributed by atoms with E-state index < -0.39 is 5.72 Å². The van der Waals surface area contributed by atoms with E-state index in [1.807, 2.05) is 18.2 Å². The summed E-state index contributed by atoms with van der Waals surface area (Å²) >= 11 is 0. The molecule has 3 atom stereocenters. The molecule has 0 aromatic heterocycles. The summed E-state index contributed by atoms with van der Waals surface area (Å²) in [6.45, 7) is 6.40. The molecule has 0 aliphatic carbocycles. The molecule has 4 rings (SSSR count). The number of hydrogen-bond acceptors (Lipinski definition) is 3. The highest BCUT2D eigenvalue weighted by Gasteiger charge is 2.72. The molecule has 3 aliphatic rings. The Labute approximate surface area is 118 Å². The van der Waals surface area contributed by atoms with Gasteiger partial charge in [0.2, 0.25) is 0 Å². The monoisotopic (exact) mass is 271 g/mol. The molecule has 3 aliphatic heterocycles. The molecule has 4 heteroatoms. The number of benzene rings is 1. The number of anilines is 1. The van der Waals surface area contributed by atoms with E-state index in [2.05, 4.69) is 19.6 Å². The van der Waals surface area contributed by atoms with Crippen molar-refractivity contribution in [1.29, 1.82) is 0 Å². The van der Waals surface area contributed by atoms with Crippen LogP contribution in [-0.4, -0.2) is 25.0 Å². The van der Waals surface area contributed by atoms with Gasteiger partial charge < -0.3 is 9.47 Å². The van der Waals surface area contributed by atoms with Crippen molar-refractivity contribution < 1.29 is 14.3 Å². The molecular formula is C16H17NO3. The summed E-state index contributed by atoms with van der Waals surface area (Å²) < 4.78 is 11.2. The van der Waals surface area contributed by atoms with Crippen LogP contribution in [0.4, 0.5) is 10.5 Å². The Hall–Kier alpha value is -1.81. The van der Waals surface area contributed by atoms with E-state index in [4.69, 9.17) is 9.47 Å². The Kier molecular flexibility index (Phi) is 2.06. The minimum absolute atomic E-state index is 0.0421. The number of ether oxygens (including phenoxy) is 2. The maximum Gasteiger partial charge on any atom is 0.416 e. The van der Waals surface area contributed by atoms with Gasteiger partial charge >= 0.3 is 6.09 Å². The van der Waals surface area contributed by atoms with Gasteiger partial charge in [0.25, 0.3) is 0 Å². The van der Waals surface area contributed by atoms with E-state index in [9.17, 15) is 4.79 Å². The maximum absolute atomic E-state index is 12.3. The van der Waals surface area contributed by atoms with Crippen LogP contribution in [-0.2, 0) is 14.9 Å². The number of fused-ring (bicyclic) bond motifs is 3. The van der Waals surface area contributed by atoms with E-state index >= 15 is 0 Å². The van der Waals surface area contributed by atoms with Crippen LogP contribution < -0.4 is 4.90 Å². The summed E-state index contributed by atoms with van der Waals surface area (Å²) in [6.07, 6.45) is 1.41. The van der Waals surface area contributed by atoms with E-state index in [1.165, 1.54) is 7.11 Å². The second-order valence-corrected chi connectivity index (χ2v) is 5.90. The Balaban J connectivity index is 2.02. The molecule has 104 valence electrons. The Bertz CT molecular complexity index is 640. The number of rotatable bonds is 0. The Morgan fingerprint density at radius 3 is 3.00 bits per heavy atom. The van der Waals surface area contributed by atoms with Gasteiger partial charge in [-0.2, -0.15) is 0 Å². The molecule has 0 saturated carbocycles. The van der Waals surface area contributed by atoms with Crippen LogP contribution in [0.2, 0.25) is 0 Å². The van der Waals surface area contributed by atoms with Gasteiger partial charge in [-0.15, -0.1) is 0 Å². The number of methoxy groups -OCH3 is 1. The van der Waals surface area contributed by atoms with Gasteiger partial charge in [0, 0.05) is 0 Å². The molecule has 2 bridgehead atoms. The molecular weight excluding hydrogens is 254 g/mol. The molecule has 20 heavy (non-hydrogen) atoms. The minimum Gasteiger partial charge on any atom is -0.452 e. The second-order valence-electron chi connectivity index (χ2n) is 5.90. The van der Waals surface area contributed by atoms with Gasteiger partial charge in [-0.25, -0.2) is 9.69 Å². The van der Waals surface area contributed by atoms with E-state index in [-0.39, 0.29) is 17.6 Å². The summed E-state index contributed by atoms with van der Waals surface area (Å²) in [6, 6.07) is 7.95. The quantitative estimate of drug-likeness (QED) is 0.681. The number of carbonyl (C=O) groups is 1. The third-order valence-corrected chi connectivity index (χ3v) is 5.30. The lowest BCUT2D eigenvalue weighted by Gasteiger charge is -2.41. The highest BCUT2D eigenvalue weighted by Crippen LogP contribution is 2.66. The number of carbonyl (C=O) groups excluding carboxylic acids is 1. The third kappa shape index (κ3) is 0.998. The second kappa shape index (κ2) is 3.44. The van der Waals surface area contributed by atoms with Crippen LogP contribution in [0.25, 0.3) is 0 Å². The lowest BCUT2D eigenvalue weighted by atomic mass is 9.66. The van der Waals surface area contributed by atoms with Crippen molar-refractivity contribution in [3.63, 3.8) is 0 Å². The summed E-state index contributed by atoms with van der Waals surface area (Å²) in [5, 5.41) is 0. The van der Waals surface area contributed by atoms with Crippen LogP contribution in [0.1, 0.15) is 25.3 Å². The van der Waals surface area contributed by atoms with Crippen LogP contribution in [0.3, 0.4) is 0 Å². The van der Waals surface area contributed by atoms with Gasteiger partial charge in [-0.1, -0.05) is 24.8 Å². The first-order valence-corrected chi connectivity index (χ1v) is 6.91. The lowest BCUT2D eigenvalue weighted by molar-refractivity contribution is -0.00948. The number of amides is 1. The molecule has 2 saturated heterocycles. The molecule has 1 aromatic carbocycles. The van der Waals surface area contributed by atoms with Gasteiger partial charge in [0.1, 0.15) is 0 Å². The van der Waals surface area contributed by atoms with E-state index in [0.717, 1.165) is 29.7 Å². The first-order valence-electron chi connectivity index (χ1n) is 6.91. The average molecular weight is 271 g/mol. The first kappa shape index (κ1) is 12.0. The number of hydrogen-bond donors (Lipinski definition) is 0. The van der Waals surface area contributed by atoms with Crippen molar-refractivity contribution in [2.45, 2.75) is 37.0 Å². The SMILES string of the molecule is C=C1[C@H]2CC[C@@]3(O2)N(C(=O)OC)c2ccccc2[C@]13C. The summed E-state index contributed by atoms with van der Waals surface area (Å²) in [4.78, 5) is 14.0. The minimum atomic E-state index is -0.661. The predicted molar refractivity (Wildman–Crippen MR) is 74.7 cm³/mol.